The van der Waals surface area contributed by atoms with Crippen LogP contribution >= 0.6 is 11.8 Å². The quantitative estimate of drug-likeness (QED) is 0.645. The van der Waals surface area contributed by atoms with Gasteiger partial charge in [0.15, 0.2) is 5.17 Å². The second kappa shape index (κ2) is 9.48. The lowest BCUT2D eigenvalue weighted by molar-refractivity contribution is -0.136. The number of amides is 2. The van der Waals surface area contributed by atoms with E-state index in [2.05, 4.69) is 20.5 Å². The van der Waals surface area contributed by atoms with Crippen molar-refractivity contribution in [2.24, 2.45) is 4.99 Å². The van der Waals surface area contributed by atoms with Gasteiger partial charge in [-0.1, -0.05) is 42.1 Å². The molecule has 2 aliphatic heterocycles. The number of carbonyl (C=O) groups is 2. The number of benzene rings is 2. The highest BCUT2D eigenvalue weighted by Gasteiger charge is 2.37. The van der Waals surface area contributed by atoms with E-state index in [0.717, 1.165) is 40.7 Å². The summed E-state index contributed by atoms with van der Waals surface area (Å²) in [5.74, 6) is 0.616. The van der Waals surface area contributed by atoms with Crippen molar-refractivity contribution < 1.29 is 14.3 Å². The molecule has 7 nitrogen and oxygen atoms in total. The second-order valence-corrected chi connectivity index (χ2v) is 8.76. The molecule has 166 valence electrons. The lowest BCUT2D eigenvalue weighted by atomic mass is 9.94. The molecular weight excluding hydrogens is 424 g/mol. The normalized spacial score (nSPS) is 17.9. The summed E-state index contributed by atoms with van der Waals surface area (Å²) in [5.41, 5.74) is 4.47. The molecule has 1 unspecified atom stereocenters. The maximum absolute atomic E-state index is 12.7. The Balaban J connectivity index is 1.62. The van der Waals surface area contributed by atoms with Gasteiger partial charge >= 0.3 is 12.0 Å². The average Bonchev–Trinajstić information content (AvgIpc) is 2.79. The number of aliphatic imine (C=N–C) groups is 1. The Morgan fingerprint density at radius 3 is 2.72 bits per heavy atom. The molecule has 0 bridgehead atoms. The molecule has 2 N–H and O–H groups in total. The molecule has 1 saturated heterocycles. The molecule has 2 heterocycles. The van der Waals surface area contributed by atoms with Crippen molar-refractivity contribution in [2.75, 3.05) is 30.0 Å². The van der Waals surface area contributed by atoms with E-state index in [1.807, 2.05) is 62.4 Å². The topological polar surface area (TPSA) is 83.0 Å². The zero-order valence-corrected chi connectivity index (χ0v) is 19.2. The summed E-state index contributed by atoms with van der Waals surface area (Å²) in [5, 5.41) is 6.70. The third-order valence-electron chi connectivity index (χ3n) is 5.52. The fourth-order valence-corrected chi connectivity index (χ4v) is 4.99. The van der Waals surface area contributed by atoms with Crippen LogP contribution in [0.5, 0.6) is 0 Å². The van der Waals surface area contributed by atoms with Crippen molar-refractivity contribution >= 4 is 40.3 Å². The van der Waals surface area contributed by atoms with Crippen LogP contribution < -0.4 is 10.6 Å². The molecule has 2 aromatic carbocycles. The largest absolute Gasteiger partial charge is 0.466 e. The highest BCUT2D eigenvalue weighted by atomic mass is 32.2. The van der Waals surface area contributed by atoms with Gasteiger partial charge < -0.3 is 20.3 Å². The fourth-order valence-electron chi connectivity index (χ4n) is 3.97. The van der Waals surface area contributed by atoms with Crippen LogP contribution in [-0.2, 0) is 9.53 Å². The molecule has 2 aliphatic rings. The SMILES string of the molecule is COC(=O)C1=C(C)N=C2SCCCN2C1c1cccc(NC(=O)Nc2ccccc2C)c1. The smallest absolute Gasteiger partial charge is 0.338 e. The number of methoxy groups -OCH3 is 1. The van der Waals surface area contributed by atoms with Crippen LogP contribution in [0, 0.1) is 6.92 Å². The summed E-state index contributed by atoms with van der Waals surface area (Å²) < 4.78 is 5.08. The number of nitrogens with zero attached hydrogens (tertiary/aromatic N) is 2. The number of para-hydroxylation sites is 1. The van der Waals surface area contributed by atoms with Gasteiger partial charge in [0.2, 0.25) is 0 Å². The van der Waals surface area contributed by atoms with E-state index in [1.54, 1.807) is 11.8 Å². The maximum atomic E-state index is 12.7. The number of fused-ring (bicyclic) bond motifs is 1. The van der Waals surface area contributed by atoms with Gasteiger partial charge in [0.05, 0.1) is 24.4 Å². The number of allylic oxidation sites excluding steroid dienone is 1. The zero-order valence-electron chi connectivity index (χ0n) is 18.3. The second-order valence-electron chi connectivity index (χ2n) is 7.70. The molecule has 8 heteroatoms. The summed E-state index contributed by atoms with van der Waals surface area (Å²) in [7, 11) is 1.39. The molecule has 2 amide bonds. The Hall–Kier alpha value is -3.26. The lowest BCUT2D eigenvalue weighted by Crippen LogP contribution is -2.42. The number of aryl methyl sites for hydroxylation is 1. The van der Waals surface area contributed by atoms with Gasteiger partial charge in [0.1, 0.15) is 0 Å². The highest BCUT2D eigenvalue weighted by molar-refractivity contribution is 8.13. The van der Waals surface area contributed by atoms with E-state index in [-0.39, 0.29) is 18.0 Å². The number of urea groups is 1. The monoisotopic (exact) mass is 450 g/mol. The Morgan fingerprint density at radius 2 is 1.94 bits per heavy atom. The number of carbonyl (C=O) groups excluding carboxylic acids is 2. The number of nitrogens with one attached hydrogen (secondary N) is 2. The van der Waals surface area contributed by atoms with Crippen molar-refractivity contribution in [1.82, 2.24) is 4.90 Å². The summed E-state index contributed by atoms with van der Waals surface area (Å²) in [6.45, 7) is 4.59. The van der Waals surface area contributed by atoms with E-state index < -0.39 is 0 Å². The van der Waals surface area contributed by atoms with Gasteiger partial charge in [-0.15, -0.1) is 0 Å². The van der Waals surface area contributed by atoms with Gasteiger partial charge in [0, 0.05) is 23.7 Å². The molecule has 0 spiro atoms. The number of hydrogen-bond donors (Lipinski definition) is 2. The van der Waals surface area contributed by atoms with Gasteiger partial charge in [0.25, 0.3) is 0 Å². The number of rotatable bonds is 4. The first kappa shape index (κ1) is 22.0. The number of anilines is 2. The summed E-state index contributed by atoms with van der Waals surface area (Å²) in [6.07, 6.45) is 1.00. The van der Waals surface area contributed by atoms with Crippen LogP contribution in [0.1, 0.15) is 30.5 Å². The van der Waals surface area contributed by atoms with Crippen LogP contribution in [-0.4, -0.2) is 41.5 Å². The summed E-state index contributed by atoms with van der Waals surface area (Å²) >= 11 is 1.70. The zero-order chi connectivity index (χ0) is 22.7. The Morgan fingerprint density at radius 1 is 1.12 bits per heavy atom. The van der Waals surface area contributed by atoms with Crippen LogP contribution in [0.15, 0.2) is 64.8 Å². The molecule has 0 aromatic heterocycles. The number of esters is 1. The van der Waals surface area contributed by atoms with Crippen molar-refractivity contribution in [3.8, 4) is 0 Å². The Bertz CT molecular complexity index is 1110. The first-order chi connectivity index (χ1) is 15.5. The Labute approximate surface area is 191 Å². The first-order valence-corrected chi connectivity index (χ1v) is 11.5. The molecule has 1 fully saturated rings. The molecule has 0 radical (unpaired) electrons. The third-order valence-corrected chi connectivity index (χ3v) is 6.59. The van der Waals surface area contributed by atoms with Gasteiger partial charge in [-0.05, 0) is 49.6 Å². The third kappa shape index (κ3) is 4.50. The van der Waals surface area contributed by atoms with E-state index in [9.17, 15) is 9.59 Å². The van der Waals surface area contributed by atoms with Gasteiger partial charge in [-0.3, -0.25) is 0 Å². The number of thioether (sulfide) groups is 1. The van der Waals surface area contributed by atoms with Gasteiger partial charge in [-0.2, -0.15) is 0 Å². The molecule has 4 rings (SSSR count). The Kier molecular flexibility index (Phi) is 6.50. The van der Waals surface area contributed by atoms with Crippen molar-refractivity contribution in [2.45, 2.75) is 26.3 Å². The average molecular weight is 451 g/mol. The fraction of sp³-hybridized carbons (Fsp3) is 0.292. The maximum Gasteiger partial charge on any atom is 0.338 e. The minimum atomic E-state index is -0.387. The molecule has 32 heavy (non-hydrogen) atoms. The molecule has 1 atom stereocenters. The first-order valence-electron chi connectivity index (χ1n) is 10.5. The molecule has 0 saturated carbocycles. The molecular formula is C24H26N4O3S. The summed E-state index contributed by atoms with van der Waals surface area (Å²) in [6, 6.07) is 14.6. The van der Waals surface area contributed by atoms with E-state index in [4.69, 9.17) is 4.74 Å². The van der Waals surface area contributed by atoms with Crippen molar-refractivity contribution in [1.29, 1.82) is 0 Å². The van der Waals surface area contributed by atoms with Crippen LogP contribution in [0.3, 0.4) is 0 Å². The van der Waals surface area contributed by atoms with E-state index in [0.29, 0.717) is 17.0 Å². The lowest BCUT2D eigenvalue weighted by Gasteiger charge is -2.40. The van der Waals surface area contributed by atoms with Crippen LogP contribution in [0.2, 0.25) is 0 Å². The van der Waals surface area contributed by atoms with Crippen LogP contribution in [0.25, 0.3) is 0 Å². The van der Waals surface area contributed by atoms with E-state index >= 15 is 0 Å². The van der Waals surface area contributed by atoms with Crippen molar-refractivity contribution in [3.63, 3.8) is 0 Å². The van der Waals surface area contributed by atoms with Crippen molar-refractivity contribution in [3.05, 3.63) is 70.9 Å². The van der Waals surface area contributed by atoms with E-state index in [1.165, 1.54) is 7.11 Å². The van der Waals surface area contributed by atoms with Gasteiger partial charge in [-0.25, -0.2) is 14.6 Å². The standard InChI is InChI=1S/C24H26N4O3S/c1-15-8-4-5-11-19(15)27-23(30)26-18-10-6-9-17(14-18)21-20(22(29)31-3)16(2)25-24-28(21)12-7-13-32-24/h4-6,8-11,14,21H,7,12-13H2,1-3H3,(H2,26,27,30). The predicted octanol–water partition coefficient (Wildman–Crippen LogP) is 4.94. The minimum absolute atomic E-state index is 0.316. The molecule has 2 aromatic rings. The minimum Gasteiger partial charge on any atom is -0.466 e. The predicted molar refractivity (Wildman–Crippen MR) is 129 cm³/mol. The summed E-state index contributed by atoms with van der Waals surface area (Å²) in [4.78, 5) is 32.1. The molecule has 0 aliphatic carbocycles. The highest BCUT2D eigenvalue weighted by Crippen LogP contribution is 2.40. The number of ether oxygens (including phenoxy) is 1. The number of hydrogen-bond acceptors (Lipinski definition) is 6. The number of amidine groups is 1. The van der Waals surface area contributed by atoms with Crippen LogP contribution in [0.4, 0.5) is 16.2 Å².